The maximum Gasteiger partial charge on any atom is 0.373 e. The van der Waals surface area contributed by atoms with Gasteiger partial charge in [-0.05, 0) is 0 Å². The fraction of sp³-hybridized carbons (Fsp3) is 0.375. The molecule has 0 spiro atoms. The van der Waals surface area contributed by atoms with Gasteiger partial charge < -0.3 is 15.3 Å². The summed E-state index contributed by atoms with van der Waals surface area (Å²) in [5, 5.41) is 27.3. The highest BCUT2D eigenvalue weighted by Crippen LogP contribution is 2.15. The second kappa shape index (κ2) is 5.06. The van der Waals surface area contributed by atoms with Crippen molar-refractivity contribution >= 4 is 18.6 Å². The maximum absolute atomic E-state index is 10.4. The summed E-state index contributed by atoms with van der Waals surface area (Å²) < 4.78 is 0. The van der Waals surface area contributed by atoms with Gasteiger partial charge in [0.05, 0.1) is 6.10 Å². The first-order valence-corrected chi connectivity index (χ1v) is 4.71. The number of aromatic carboxylic acids is 1. The summed E-state index contributed by atoms with van der Waals surface area (Å²) in [5.74, 6) is -1.51. The average molecular weight is 230 g/mol. The van der Waals surface area contributed by atoms with Gasteiger partial charge in [-0.25, -0.2) is 14.8 Å². The van der Waals surface area contributed by atoms with Gasteiger partial charge in [-0.15, -0.1) is 0 Å². The zero-order valence-corrected chi connectivity index (χ0v) is 8.50. The van der Waals surface area contributed by atoms with Gasteiger partial charge in [0.1, 0.15) is 6.10 Å². The fourth-order valence-corrected chi connectivity index (χ4v) is 1.12. The van der Waals surface area contributed by atoms with Gasteiger partial charge in [-0.1, -0.05) is 0 Å². The van der Waals surface area contributed by atoms with E-state index in [-0.39, 0.29) is 17.1 Å². The SMILES string of the molecule is O=C(O)c1ncc(C(O)C(O)CS)cn1. The van der Waals surface area contributed by atoms with Crippen molar-refractivity contribution < 1.29 is 20.1 Å². The molecular weight excluding hydrogens is 220 g/mol. The summed E-state index contributed by atoms with van der Waals surface area (Å²) in [7, 11) is 0. The van der Waals surface area contributed by atoms with Gasteiger partial charge in [-0.3, -0.25) is 0 Å². The number of carboxylic acids is 1. The van der Waals surface area contributed by atoms with Gasteiger partial charge in [0.15, 0.2) is 0 Å². The molecule has 0 bridgehead atoms. The lowest BCUT2D eigenvalue weighted by Gasteiger charge is -2.14. The van der Waals surface area contributed by atoms with E-state index >= 15 is 0 Å². The van der Waals surface area contributed by atoms with E-state index < -0.39 is 18.2 Å². The zero-order valence-electron chi connectivity index (χ0n) is 7.61. The summed E-state index contributed by atoms with van der Waals surface area (Å²) in [6.45, 7) is 0. The van der Waals surface area contributed by atoms with Crippen LogP contribution >= 0.6 is 12.6 Å². The predicted octanol–water partition coefficient (Wildman–Crippen LogP) is -0.501. The number of rotatable bonds is 4. The predicted molar refractivity (Wildman–Crippen MR) is 53.8 cm³/mol. The molecule has 7 heteroatoms. The van der Waals surface area contributed by atoms with Crippen molar-refractivity contribution in [3.05, 3.63) is 23.8 Å². The molecule has 0 aromatic carbocycles. The summed E-state index contributed by atoms with van der Waals surface area (Å²) >= 11 is 3.81. The minimum absolute atomic E-state index is 0.0852. The number of hydrogen-bond acceptors (Lipinski definition) is 6. The quantitative estimate of drug-likeness (QED) is 0.520. The molecule has 0 fully saturated rings. The van der Waals surface area contributed by atoms with Gasteiger partial charge in [0.25, 0.3) is 0 Å². The lowest BCUT2D eigenvalue weighted by molar-refractivity contribution is 0.0332. The first kappa shape index (κ1) is 11.9. The van der Waals surface area contributed by atoms with E-state index in [1.165, 1.54) is 0 Å². The van der Waals surface area contributed by atoms with Crippen LogP contribution in [0.1, 0.15) is 22.3 Å². The molecule has 0 radical (unpaired) electrons. The summed E-state index contributed by atoms with van der Waals surface area (Å²) in [6.07, 6.45) is 0.125. The second-order valence-electron chi connectivity index (χ2n) is 2.84. The van der Waals surface area contributed by atoms with E-state index in [1.54, 1.807) is 0 Å². The van der Waals surface area contributed by atoms with E-state index in [0.29, 0.717) is 0 Å². The van der Waals surface area contributed by atoms with Crippen LogP contribution < -0.4 is 0 Å². The van der Waals surface area contributed by atoms with Crippen LogP contribution in [0, 0.1) is 0 Å². The molecule has 1 rings (SSSR count). The van der Waals surface area contributed by atoms with Crippen LogP contribution in [0.25, 0.3) is 0 Å². The van der Waals surface area contributed by atoms with Crippen LogP contribution in [-0.2, 0) is 0 Å². The smallest absolute Gasteiger partial charge is 0.373 e. The Morgan fingerprint density at radius 3 is 2.33 bits per heavy atom. The molecule has 2 atom stereocenters. The second-order valence-corrected chi connectivity index (χ2v) is 3.21. The van der Waals surface area contributed by atoms with Crippen LogP contribution in [0.2, 0.25) is 0 Å². The zero-order chi connectivity index (χ0) is 11.4. The van der Waals surface area contributed by atoms with Crippen LogP contribution in [0.5, 0.6) is 0 Å². The molecule has 6 nitrogen and oxygen atoms in total. The molecule has 1 heterocycles. The molecule has 1 aromatic rings. The molecule has 0 aliphatic heterocycles. The first-order chi connectivity index (χ1) is 7.06. The molecule has 0 amide bonds. The molecule has 82 valence electrons. The van der Waals surface area contributed by atoms with E-state index in [1.807, 2.05) is 0 Å². The topological polar surface area (TPSA) is 104 Å². The summed E-state index contributed by atoms with van der Waals surface area (Å²) in [5.41, 5.74) is 0.251. The Labute approximate surface area is 91.0 Å². The van der Waals surface area contributed by atoms with Crippen LogP contribution in [0.4, 0.5) is 0 Å². The van der Waals surface area contributed by atoms with E-state index in [9.17, 15) is 15.0 Å². The lowest BCUT2D eigenvalue weighted by Crippen LogP contribution is -2.20. The monoisotopic (exact) mass is 230 g/mol. The number of nitrogens with zero attached hydrogens (tertiary/aromatic N) is 2. The molecule has 1 aromatic heterocycles. The minimum Gasteiger partial charge on any atom is -0.475 e. The lowest BCUT2D eigenvalue weighted by atomic mass is 10.1. The molecule has 0 aliphatic carbocycles. The van der Waals surface area contributed by atoms with Gasteiger partial charge >= 0.3 is 5.97 Å². The number of thiol groups is 1. The summed E-state index contributed by atoms with van der Waals surface area (Å²) in [6, 6.07) is 0. The minimum atomic E-state index is -1.24. The summed E-state index contributed by atoms with van der Waals surface area (Å²) in [4.78, 5) is 17.4. The van der Waals surface area contributed by atoms with Gasteiger partial charge in [-0.2, -0.15) is 12.6 Å². The average Bonchev–Trinajstić information content (AvgIpc) is 2.27. The number of aliphatic hydroxyl groups is 2. The van der Waals surface area contributed by atoms with E-state index in [4.69, 9.17) is 5.11 Å². The van der Waals surface area contributed by atoms with E-state index in [0.717, 1.165) is 12.4 Å². The largest absolute Gasteiger partial charge is 0.475 e. The molecule has 0 saturated heterocycles. The highest BCUT2D eigenvalue weighted by molar-refractivity contribution is 7.80. The third-order valence-corrected chi connectivity index (χ3v) is 2.13. The normalized spacial score (nSPS) is 14.6. The number of carboxylic acid groups (broad SMARTS) is 1. The van der Waals surface area contributed by atoms with Crippen LogP contribution in [0.15, 0.2) is 12.4 Å². The van der Waals surface area contributed by atoms with Crippen molar-refractivity contribution in [3.8, 4) is 0 Å². The molecular formula is C8H10N2O4S. The molecule has 15 heavy (non-hydrogen) atoms. The highest BCUT2D eigenvalue weighted by atomic mass is 32.1. The Morgan fingerprint density at radius 1 is 1.40 bits per heavy atom. The Balaban J connectivity index is 2.84. The Bertz CT molecular complexity index is 343. The Morgan fingerprint density at radius 2 is 1.93 bits per heavy atom. The number of carbonyl (C=O) groups is 1. The van der Waals surface area contributed by atoms with Crippen molar-refractivity contribution in [2.45, 2.75) is 12.2 Å². The first-order valence-electron chi connectivity index (χ1n) is 4.08. The van der Waals surface area contributed by atoms with Crippen LogP contribution in [-0.4, -0.2) is 43.1 Å². The third-order valence-electron chi connectivity index (χ3n) is 1.76. The molecule has 0 saturated carbocycles. The molecule has 3 N–H and O–H groups in total. The molecule has 2 unspecified atom stereocenters. The fourth-order valence-electron chi connectivity index (χ4n) is 0.923. The van der Waals surface area contributed by atoms with Crippen molar-refractivity contribution in [1.82, 2.24) is 9.97 Å². The van der Waals surface area contributed by atoms with Crippen molar-refractivity contribution in [2.24, 2.45) is 0 Å². The number of aliphatic hydroxyl groups excluding tert-OH is 2. The Hall–Kier alpha value is -1.18. The number of hydrogen-bond donors (Lipinski definition) is 4. The highest BCUT2D eigenvalue weighted by Gasteiger charge is 2.18. The third kappa shape index (κ3) is 2.88. The Kier molecular flexibility index (Phi) is 4.01. The van der Waals surface area contributed by atoms with Gasteiger partial charge in [0, 0.05) is 23.7 Å². The number of aromatic nitrogens is 2. The molecule has 0 aliphatic rings. The maximum atomic E-state index is 10.4. The van der Waals surface area contributed by atoms with Crippen molar-refractivity contribution in [3.63, 3.8) is 0 Å². The van der Waals surface area contributed by atoms with Crippen LogP contribution in [0.3, 0.4) is 0 Å². The van der Waals surface area contributed by atoms with Crippen molar-refractivity contribution in [2.75, 3.05) is 5.75 Å². The standard InChI is InChI=1S/C8H10N2O4S/c11-5(3-15)6(12)4-1-9-7(8(13)14)10-2-4/h1-2,5-6,11-12,15H,3H2,(H,13,14). The van der Waals surface area contributed by atoms with Gasteiger partial charge in [0.2, 0.25) is 5.82 Å². The van der Waals surface area contributed by atoms with Crippen molar-refractivity contribution in [1.29, 1.82) is 0 Å². The van der Waals surface area contributed by atoms with E-state index in [2.05, 4.69) is 22.6 Å².